The van der Waals surface area contributed by atoms with Gasteiger partial charge in [0.1, 0.15) is 0 Å². The second-order valence-electron chi connectivity index (χ2n) is 6.76. The Labute approximate surface area is 149 Å². The fourth-order valence-electron chi connectivity index (χ4n) is 3.33. The highest BCUT2D eigenvalue weighted by Gasteiger charge is 2.29. The number of amides is 1. The van der Waals surface area contributed by atoms with E-state index in [0.717, 1.165) is 11.1 Å². The predicted octanol–water partition coefficient (Wildman–Crippen LogP) is 3.27. The minimum atomic E-state index is -0.458. The predicted molar refractivity (Wildman–Crippen MR) is 98.6 cm³/mol. The molecule has 1 aliphatic rings. The summed E-state index contributed by atoms with van der Waals surface area (Å²) in [6.07, 6.45) is 0.0733. The molecule has 0 spiro atoms. The van der Waals surface area contributed by atoms with Crippen LogP contribution in [0.5, 0.6) is 0 Å². The van der Waals surface area contributed by atoms with E-state index in [1.54, 1.807) is 6.92 Å². The number of benzene rings is 2. The van der Waals surface area contributed by atoms with Crippen LogP contribution in [0, 0.1) is 6.92 Å². The molecule has 0 aromatic heterocycles. The van der Waals surface area contributed by atoms with Gasteiger partial charge in [-0.15, -0.1) is 0 Å². The average molecular weight is 339 g/mol. The summed E-state index contributed by atoms with van der Waals surface area (Å²) in [5, 5.41) is 9.70. The number of hydrogen-bond donors (Lipinski definition) is 1. The van der Waals surface area contributed by atoms with Gasteiger partial charge in [0.05, 0.1) is 25.4 Å². The summed E-state index contributed by atoms with van der Waals surface area (Å²) >= 11 is 0. The van der Waals surface area contributed by atoms with Crippen molar-refractivity contribution in [2.24, 2.45) is 0 Å². The monoisotopic (exact) mass is 339 g/mol. The molecule has 0 saturated carbocycles. The van der Waals surface area contributed by atoms with Crippen LogP contribution in [-0.4, -0.2) is 47.8 Å². The zero-order chi connectivity index (χ0) is 17.8. The number of ether oxygens (including phenoxy) is 1. The van der Waals surface area contributed by atoms with E-state index in [-0.39, 0.29) is 11.9 Å². The van der Waals surface area contributed by atoms with Gasteiger partial charge in [-0.25, -0.2) is 0 Å². The third kappa shape index (κ3) is 4.27. The summed E-state index contributed by atoms with van der Waals surface area (Å²) in [5.41, 5.74) is 4.02. The molecule has 25 heavy (non-hydrogen) atoms. The second-order valence-corrected chi connectivity index (χ2v) is 6.76. The van der Waals surface area contributed by atoms with E-state index in [0.29, 0.717) is 31.7 Å². The molecule has 1 N–H and O–H groups in total. The van der Waals surface area contributed by atoms with Crippen molar-refractivity contribution in [2.75, 3.05) is 19.8 Å². The molecule has 0 radical (unpaired) electrons. The molecule has 2 atom stereocenters. The number of aliphatic hydroxyl groups excluding tert-OH is 1. The van der Waals surface area contributed by atoms with Gasteiger partial charge in [0.2, 0.25) is 0 Å². The lowest BCUT2D eigenvalue weighted by Gasteiger charge is -2.36. The van der Waals surface area contributed by atoms with Crippen molar-refractivity contribution in [1.82, 2.24) is 4.90 Å². The van der Waals surface area contributed by atoms with Crippen LogP contribution in [0.3, 0.4) is 0 Å². The van der Waals surface area contributed by atoms with Gasteiger partial charge in [0, 0.05) is 12.1 Å². The molecule has 1 heterocycles. The number of carbonyl (C=O) groups is 1. The number of hydrogen-bond acceptors (Lipinski definition) is 3. The fraction of sp³-hybridized carbons (Fsp3) is 0.381. The number of morpholine rings is 1. The van der Waals surface area contributed by atoms with E-state index in [2.05, 4.69) is 25.1 Å². The molecule has 2 aromatic carbocycles. The topological polar surface area (TPSA) is 49.8 Å². The quantitative estimate of drug-likeness (QED) is 0.930. The van der Waals surface area contributed by atoms with Crippen LogP contribution in [0.4, 0.5) is 0 Å². The molecule has 2 aromatic rings. The molecule has 4 heteroatoms. The van der Waals surface area contributed by atoms with Gasteiger partial charge >= 0.3 is 0 Å². The molecule has 1 saturated heterocycles. The third-order valence-electron chi connectivity index (χ3n) is 4.56. The summed E-state index contributed by atoms with van der Waals surface area (Å²) in [4.78, 5) is 14.9. The van der Waals surface area contributed by atoms with Crippen molar-refractivity contribution in [3.8, 4) is 11.1 Å². The van der Waals surface area contributed by atoms with Crippen molar-refractivity contribution in [3.05, 3.63) is 59.7 Å². The molecule has 3 rings (SSSR count). The maximum absolute atomic E-state index is 13.0. The molecule has 1 aliphatic heterocycles. The highest BCUT2D eigenvalue weighted by Crippen LogP contribution is 2.23. The largest absolute Gasteiger partial charge is 0.393 e. The van der Waals surface area contributed by atoms with Crippen LogP contribution in [0.15, 0.2) is 48.5 Å². The highest BCUT2D eigenvalue weighted by atomic mass is 16.5. The molecule has 0 aliphatic carbocycles. The van der Waals surface area contributed by atoms with E-state index in [1.165, 1.54) is 5.56 Å². The molecule has 4 nitrogen and oxygen atoms in total. The Hall–Kier alpha value is -2.17. The smallest absolute Gasteiger partial charge is 0.254 e. The molecule has 2 unspecified atom stereocenters. The van der Waals surface area contributed by atoms with Crippen molar-refractivity contribution < 1.29 is 14.6 Å². The number of rotatable bonds is 4. The van der Waals surface area contributed by atoms with E-state index >= 15 is 0 Å². The van der Waals surface area contributed by atoms with Crippen LogP contribution in [0.2, 0.25) is 0 Å². The van der Waals surface area contributed by atoms with Crippen LogP contribution < -0.4 is 0 Å². The van der Waals surface area contributed by atoms with Crippen LogP contribution in [0.1, 0.15) is 29.3 Å². The van der Waals surface area contributed by atoms with Crippen molar-refractivity contribution >= 4 is 5.91 Å². The minimum absolute atomic E-state index is 0.00320. The van der Waals surface area contributed by atoms with Crippen LogP contribution in [-0.2, 0) is 4.74 Å². The van der Waals surface area contributed by atoms with E-state index in [9.17, 15) is 9.90 Å². The number of carbonyl (C=O) groups excluding carboxylic acids is 1. The first-order chi connectivity index (χ1) is 12.0. The maximum Gasteiger partial charge on any atom is 0.254 e. The van der Waals surface area contributed by atoms with Gasteiger partial charge in [0.25, 0.3) is 5.91 Å². The Kier molecular flexibility index (Phi) is 5.51. The van der Waals surface area contributed by atoms with Gasteiger partial charge in [-0.1, -0.05) is 42.0 Å². The molecule has 0 bridgehead atoms. The Morgan fingerprint density at radius 1 is 1.24 bits per heavy atom. The van der Waals surface area contributed by atoms with E-state index in [4.69, 9.17) is 4.74 Å². The average Bonchev–Trinajstić information content (AvgIpc) is 2.61. The van der Waals surface area contributed by atoms with Crippen LogP contribution in [0.25, 0.3) is 11.1 Å². The van der Waals surface area contributed by atoms with E-state index in [1.807, 2.05) is 35.2 Å². The third-order valence-corrected chi connectivity index (χ3v) is 4.56. The van der Waals surface area contributed by atoms with Gasteiger partial charge < -0.3 is 14.7 Å². The first-order valence-corrected chi connectivity index (χ1v) is 8.78. The van der Waals surface area contributed by atoms with Crippen molar-refractivity contribution in [2.45, 2.75) is 32.4 Å². The summed E-state index contributed by atoms with van der Waals surface area (Å²) < 4.78 is 5.50. The van der Waals surface area contributed by atoms with Gasteiger partial charge in [-0.3, -0.25) is 4.79 Å². The SMILES string of the molecule is Cc1cccc(-c2cccc(C(=O)N3CCOCC3CC(C)O)c2)c1. The number of aryl methyl sites for hydroxylation is 1. The van der Waals surface area contributed by atoms with Crippen LogP contribution >= 0.6 is 0 Å². The van der Waals surface area contributed by atoms with E-state index < -0.39 is 6.10 Å². The zero-order valence-electron chi connectivity index (χ0n) is 14.8. The van der Waals surface area contributed by atoms with Gasteiger partial charge in [0.15, 0.2) is 0 Å². The van der Waals surface area contributed by atoms with Crippen molar-refractivity contribution in [1.29, 1.82) is 0 Å². The number of nitrogens with zero attached hydrogens (tertiary/aromatic N) is 1. The molecule has 1 amide bonds. The Morgan fingerprint density at radius 3 is 2.68 bits per heavy atom. The maximum atomic E-state index is 13.0. The molecule has 132 valence electrons. The van der Waals surface area contributed by atoms with Crippen molar-refractivity contribution in [3.63, 3.8) is 0 Å². The lowest BCUT2D eigenvalue weighted by atomic mass is 10.00. The number of aliphatic hydroxyl groups is 1. The summed E-state index contributed by atoms with van der Waals surface area (Å²) in [5.74, 6) is 0.00320. The highest BCUT2D eigenvalue weighted by molar-refractivity contribution is 5.95. The molecular formula is C21H25NO3. The van der Waals surface area contributed by atoms with Gasteiger partial charge in [-0.05, 0) is 43.5 Å². The Balaban J connectivity index is 1.85. The Bertz CT molecular complexity index is 741. The molecular weight excluding hydrogens is 314 g/mol. The second kappa shape index (κ2) is 7.81. The van der Waals surface area contributed by atoms with Gasteiger partial charge in [-0.2, -0.15) is 0 Å². The summed E-state index contributed by atoms with van der Waals surface area (Å²) in [6.45, 7) is 5.39. The fourth-order valence-corrected chi connectivity index (χ4v) is 3.33. The summed E-state index contributed by atoms with van der Waals surface area (Å²) in [6, 6.07) is 15.9. The lowest BCUT2D eigenvalue weighted by molar-refractivity contribution is -0.0152. The molecule has 1 fully saturated rings. The lowest BCUT2D eigenvalue weighted by Crippen LogP contribution is -2.49. The first-order valence-electron chi connectivity index (χ1n) is 8.78. The standard InChI is InChI=1S/C21H25NO3/c1-15-5-3-6-17(11-15)18-7-4-8-19(13-18)21(24)22-9-10-25-14-20(22)12-16(2)23/h3-8,11,13,16,20,23H,9-10,12,14H2,1-2H3. The minimum Gasteiger partial charge on any atom is -0.393 e. The first kappa shape index (κ1) is 17.6. The Morgan fingerprint density at radius 2 is 1.96 bits per heavy atom. The zero-order valence-corrected chi connectivity index (χ0v) is 14.8. The summed E-state index contributed by atoms with van der Waals surface area (Å²) in [7, 11) is 0. The normalized spacial score (nSPS) is 18.8.